The number of likely N-dealkylation sites (tertiary alicyclic amines) is 2. The first kappa shape index (κ1) is 22.5. The molecule has 1 spiro atoms. The van der Waals surface area contributed by atoms with E-state index in [0.29, 0.717) is 13.1 Å². The van der Waals surface area contributed by atoms with Crippen molar-refractivity contribution in [3.8, 4) is 11.5 Å². The molecule has 0 aromatic heterocycles. The van der Waals surface area contributed by atoms with Crippen LogP contribution in [0.1, 0.15) is 25.3 Å². The summed E-state index contributed by atoms with van der Waals surface area (Å²) in [5.74, 6) is 1.59. The number of hydrogen-bond acceptors (Lipinski definition) is 4. The Bertz CT molecular complexity index is 920. The predicted octanol–water partition coefficient (Wildman–Crippen LogP) is 5.46. The van der Waals surface area contributed by atoms with E-state index in [9.17, 15) is 18.0 Å². The van der Waals surface area contributed by atoms with Crippen LogP contribution in [0.15, 0.2) is 54.6 Å². The van der Waals surface area contributed by atoms with E-state index in [1.807, 2.05) is 48.5 Å². The SMILES string of the molecule is CC(OC(=O)N1CCC2(CC1)CN(Cc1cccc(Oc3ccccc3)c1)C2)C(F)(F)F. The number of para-hydroxylation sites is 1. The van der Waals surface area contributed by atoms with Crippen LogP contribution >= 0.6 is 0 Å². The fourth-order valence-electron chi connectivity index (χ4n) is 4.38. The minimum atomic E-state index is -4.54. The smallest absolute Gasteiger partial charge is 0.425 e. The first-order valence-electron chi connectivity index (χ1n) is 10.8. The summed E-state index contributed by atoms with van der Waals surface area (Å²) in [6.07, 6.45) is -5.96. The average molecular weight is 448 g/mol. The lowest BCUT2D eigenvalue weighted by Crippen LogP contribution is -2.60. The highest BCUT2D eigenvalue weighted by molar-refractivity contribution is 5.68. The fourth-order valence-corrected chi connectivity index (χ4v) is 4.38. The summed E-state index contributed by atoms with van der Waals surface area (Å²) < 4.78 is 48.3. The van der Waals surface area contributed by atoms with Crippen LogP contribution in [0.25, 0.3) is 0 Å². The molecule has 2 saturated heterocycles. The van der Waals surface area contributed by atoms with E-state index in [0.717, 1.165) is 56.5 Å². The van der Waals surface area contributed by atoms with Gasteiger partial charge in [-0.3, -0.25) is 4.90 Å². The second-order valence-corrected chi connectivity index (χ2v) is 8.76. The van der Waals surface area contributed by atoms with E-state index in [2.05, 4.69) is 15.7 Å². The molecule has 2 heterocycles. The van der Waals surface area contributed by atoms with E-state index in [1.54, 1.807) is 0 Å². The van der Waals surface area contributed by atoms with Crippen LogP contribution in [-0.4, -0.2) is 54.4 Å². The molecule has 0 aliphatic carbocycles. The number of benzene rings is 2. The van der Waals surface area contributed by atoms with E-state index in [4.69, 9.17) is 4.74 Å². The van der Waals surface area contributed by atoms with Gasteiger partial charge < -0.3 is 14.4 Å². The number of piperidine rings is 1. The maximum absolute atomic E-state index is 12.6. The van der Waals surface area contributed by atoms with Crippen LogP contribution in [0.3, 0.4) is 0 Å². The van der Waals surface area contributed by atoms with Gasteiger partial charge in [-0.15, -0.1) is 0 Å². The molecular weight excluding hydrogens is 421 g/mol. The minimum Gasteiger partial charge on any atom is -0.457 e. The quantitative estimate of drug-likeness (QED) is 0.609. The topological polar surface area (TPSA) is 42.0 Å². The molecule has 1 amide bonds. The highest BCUT2D eigenvalue weighted by Gasteiger charge is 2.46. The minimum absolute atomic E-state index is 0.130. The number of carbonyl (C=O) groups is 1. The maximum Gasteiger partial charge on any atom is 0.425 e. The van der Waals surface area contributed by atoms with Crippen LogP contribution in [0, 0.1) is 5.41 Å². The molecule has 5 nitrogen and oxygen atoms in total. The Kier molecular flexibility index (Phi) is 6.33. The Morgan fingerprint density at radius 2 is 1.69 bits per heavy atom. The van der Waals surface area contributed by atoms with Crippen LogP contribution < -0.4 is 4.74 Å². The molecule has 172 valence electrons. The number of alkyl halides is 3. The Morgan fingerprint density at radius 1 is 1.03 bits per heavy atom. The van der Waals surface area contributed by atoms with E-state index in [1.165, 1.54) is 4.90 Å². The molecule has 0 N–H and O–H groups in total. The van der Waals surface area contributed by atoms with Crippen molar-refractivity contribution in [3.63, 3.8) is 0 Å². The zero-order chi connectivity index (χ0) is 22.8. The Hall–Kier alpha value is -2.74. The van der Waals surface area contributed by atoms with Gasteiger partial charge in [-0.2, -0.15) is 13.2 Å². The standard InChI is InChI=1S/C24H27F3N2O3/c1-18(24(25,26)27)31-22(30)29-12-10-23(11-13-29)16-28(17-23)15-19-6-5-9-21(14-19)32-20-7-3-2-4-8-20/h2-9,14,18H,10-13,15-17H2,1H3. The molecule has 0 bridgehead atoms. The summed E-state index contributed by atoms with van der Waals surface area (Å²) in [5.41, 5.74) is 1.29. The first-order chi connectivity index (χ1) is 15.2. The van der Waals surface area contributed by atoms with Gasteiger partial charge >= 0.3 is 12.3 Å². The van der Waals surface area contributed by atoms with Crippen molar-refractivity contribution in [2.24, 2.45) is 5.41 Å². The van der Waals surface area contributed by atoms with E-state index < -0.39 is 18.4 Å². The monoisotopic (exact) mass is 448 g/mol. The highest BCUT2D eigenvalue weighted by Crippen LogP contribution is 2.41. The first-order valence-corrected chi connectivity index (χ1v) is 10.8. The molecule has 1 unspecified atom stereocenters. The van der Waals surface area contributed by atoms with Crippen molar-refractivity contribution in [2.45, 2.75) is 38.6 Å². The largest absolute Gasteiger partial charge is 0.457 e. The van der Waals surface area contributed by atoms with Gasteiger partial charge in [0.25, 0.3) is 0 Å². The van der Waals surface area contributed by atoms with Gasteiger partial charge in [0.1, 0.15) is 11.5 Å². The van der Waals surface area contributed by atoms with Gasteiger partial charge in [-0.05, 0) is 55.0 Å². The third-order valence-electron chi connectivity index (χ3n) is 6.22. The summed E-state index contributed by atoms with van der Waals surface area (Å²) >= 11 is 0. The van der Waals surface area contributed by atoms with E-state index >= 15 is 0 Å². The van der Waals surface area contributed by atoms with Crippen molar-refractivity contribution in [1.82, 2.24) is 9.80 Å². The summed E-state index contributed by atoms with van der Waals surface area (Å²) in [5, 5.41) is 0. The third-order valence-corrected chi connectivity index (χ3v) is 6.22. The summed E-state index contributed by atoms with van der Waals surface area (Å²) in [6.45, 7) is 4.35. The number of halogens is 3. The zero-order valence-corrected chi connectivity index (χ0v) is 18.0. The predicted molar refractivity (Wildman–Crippen MR) is 113 cm³/mol. The zero-order valence-electron chi connectivity index (χ0n) is 18.0. The summed E-state index contributed by atoms with van der Waals surface area (Å²) in [4.78, 5) is 15.8. The molecule has 4 rings (SSSR count). The molecule has 0 saturated carbocycles. The number of amides is 1. The molecule has 8 heteroatoms. The lowest BCUT2D eigenvalue weighted by atomic mass is 9.72. The number of rotatable bonds is 5. The van der Waals surface area contributed by atoms with Gasteiger partial charge in [0, 0.05) is 32.7 Å². The molecule has 1 atom stereocenters. The van der Waals surface area contributed by atoms with Crippen molar-refractivity contribution in [1.29, 1.82) is 0 Å². The van der Waals surface area contributed by atoms with Crippen molar-refractivity contribution in [3.05, 3.63) is 60.2 Å². The number of hydrogen-bond donors (Lipinski definition) is 0. The van der Waals surface area contributed by atoms with Crippen LogP contribution in [0.4, 0.5) is 18.0 Å². The van der Waals surface area contributed by atoms with Crippen LogP contribution in [0.5, 0.6) is 11.5 Å². The van der Waals surface area contributed by atoms with Crippen molar-refractivity contribution < 1.29 is 27.4 Å². The van der Waals surface area contributed by atoms with Crippen LogP contribution in [0.2, 0.25) is 0 Å². The van der Waals surface area contributed by atoms with Crippen molar-refractivity contribution >= 4 is 6.09 Å². The Labute approximate surface area is 185 Å². The lowest BCUT2D eigenvalue weighted by Gasteiger charge is -2.54. The normalized spacial score (nSPS) is 19.3. The van der Waals surface area contributed by atoms with Gasteiger partial charge in [-0.1, -0.05) is 30.3 Å². The molecule has 2 aliphatic heterocycles. The van der Waals surface area contributed by atoms with E-state index in [-0.39, 0.29) is 5.41 Å². The lowest BCUT2D eigenvalue weighted by molar-refractivity contribution is -0.200. The van der Waals surface area contributed by atoms with Gasteiger partial charge in [-0.25, -0.2) is 4.79 Å². The summed E-state index contributed by atoms with van der Waals surface area (Å²) in [6, 6.07) is 17.7. The highest BCUT2D eigenvalue weighted by atomic mass is 19.4. The second kappa shape index (κ2) is 9.02. The Balaban J connectivity index is 1.24. The molecule has 2 aromatic carbocycles. The molecular formula is C24H27F3N2O3. The Morgan fingerprint density at radius 3 is 2.34 bits per heavy atom. The molecule has 0 radical (unpaired) electrons. The second-order valence-electron chi connectivity index (χ2n) is 8.76. The number of ether oxygens (including phenoxy) is 2. The molecule has 2 fully saturated rings. The van der Waals surface area contributed by atoms with Crippen LogP contribution in [-0.2, 0) is 11.3 Å². The number of nitrogens with zero attached hydrogens (tertiary/aromatic N) is 2. The average Bonchev–Trinajstić information content (AvgIpc) is 2.73. The molecule has 2 aliphatic rings. The fraction of sp³-hybridized carbons (Fsp3) is 0.458. The van der Waals surface area contributed by atoms with Gasteiger partial charge in [0.05, 0.1) is 0 Å². The summed E-state index contributed by atoms with van der Waals surface area (Å²) in [7, 11) is 0. The maximum atomic E-state index is 12.6. The van der Waals surface area contributed by atoms with Gasteiger partial charge in [0.2, 0.25) is 0 Å². The third kappa shape index (κ3) is 5.35. The van der Waals surface area contributed by atoms with Crippen molar-refractivity contribution in [2.75, 3.05) is 26.2 Å². The molecule has 32 heavy (non-hydrogen) atoms. The van der Waals surface area contributed by atoms with Gasteiger partial charge in [0.15, 0.2) is 6.10 Å². The number of carbonyl (C=O) groups excluding carboxylic acids is 1. The molecule has 2 aromatic rings.